The monoisotopic (exact) mass is 474 g/mol. The molecule has 0 bridgehead atoms. The lowest BCUT2D eigenvalue weighted by Gasteiger charge is -2.17. The van der Waals surface area contributed by atoms with Gasteiger partial charge in [0.1, 0.15) is 5.69 Å². The van der Waals surface area contributed by atoms with Crippen molar-refractivity contribution < 1.29 is 14.3 Å². The summed E-state index contributed by atoms with van der Waals surface area (Å²) >= 11 is 6.06. The van der Waals surface area contributed by atoms with Gasteiger partial charge in [0.05, 0.1) is 0 Å². The Kier molecular flexibility index (Phi) is 6.52. The van der Waals surface area contributed by atoms with Gasteiger partial charge in [-0.15, -0.1) is 0 Å². The molecular formula is C27H23ClN2O4. The van der Waals surface area contributed by atoms with Crippen molar-refractivity contribution in [3.8, 4) is 11.1 Å². The fourth-order valence-electron chi connectivity index (χ4n) is 3.89. The number of esters is 1. The van der Waals surface area contributed by atoms with Crippen LogP contribution in [0.5, 0.6) is 0 Å². The molecule has 0 unspecified atom stereocenters. The second-order valence-electron chi connectivity index (χ2n) is 8.01. The maximum Gasteiger partial charge on any atom is 0.356 e. The number of halogens is 1. The third kappa shape index (κ3) is 4.45. The van der Waals surface area contributed by atoms with Crippen LogP contribution in [0.25, 0.3) is 21.9 Å². The highest BCUT2D eigenvalue weighted by Crippen LogP contribution is 2.31. The quantitative estimate of drug-likeness (QED) is 0.400. The van der Waals surface area contributed by atoms with Crippen molar-refractivity contribution in [2.45, 2.75) is 13.8 Å². The molecule has 0 saturated carbocycles. The van der Waals surface area contributed by atoms with Crippen LogP contribution in [0.3, 0.4) is 0 Å². The van der Waals surface area contributed by atoms with Gasteiger partial charge in [-0.3, -0.25) is 9.59 Å². The Labute approximate surface area is 201 Å². The van der Waals surface area contributed by atoms with Crippen molar-refractivity contribution in [1.82, 2.24) is 4.57 Å². The third-order valence-corrected chi connectivity index (χ3v) is 6.09. The van der Waals surface area contributed by atoms with Gasteiger partial charge in [-0.25, -0.2) is 4.79 Å². The molecule has 0 saturated heterocycles. The third-order valence-electron chi connectivity index (χ3n) is 5.84. The van der Waals surface area contributed by atoms with Gasteiger partial charge in [0.15, 0.2) is 6.61 Å². The minimum Gasteiger partial charge on any atom is -0.451 e. The molecule has 1 aromatic heterocycles. The summed E-state index contributed by atoms with van der Waals surface area (Å²) in [6, 6.07) is 19.6. The molecule has 0 spiro atoms. The van der Waals surface area contributed by atoms with Crippen molar-refractivity contribution in [3.63, 3.8) is 0 Å². The van der Waals surface area contributed by atoms with Crippen molar-refractivity contribution in [2.75, 3.05) is 11.9 Å². The van der Waals surface area contributed by atoms with Crippen molar-refractivity contribution in [1.29, 1.82) is 0 Å². The highest BCUT2D eigenvalue weighted by molar-refractivity contribution is 6.30. The Morgan fingerprint density at radius 1 is 0.941 bits per heavy atom. The molecule has 4 aromatic rings. The summed E-state index contributed by atoms with van der Waals surface area (Å²) in [7, 11) is 1.51. The Hall–Kier alpha value is -3.90. The zero-order chi connectivity index (χ0) is 24.4. The lowest BCUT2D eigenvalue weighted by atomic mass is 9.97. The van der Waals surface area contributed by atoms with Crippen molar-refractivity contribution in [3.05, 3.63) is 98.9 Å². The zero-order valence-electron chi connectivity index (χ0n) is 19.0. The molecule has 6 nitrogen and oxygen atoms in total. The Balaban J connectivity index is 1.70. The minimum absolute atomic E-state index is 0.0607. The molecule has 1 amide bonds. The second kappa shape index (κ2) is 9.53. The number of aryl methyl sites for hydroxylation is 1. The fourth-order valence-corrected chi connectivity index (χ4v) is 4.01. The molecule has 0 radical (unpaired) electrons. The number of anilines is 1. The van der Waals surface area contributed by atoms with Crippen LogP contribution in [0, 0.1) is 13.8 Å². The molecule has 34 heavy (non-hydrogen) atoms. The van der Waals surface area contributed by atoms with Gasteiger partial charge in [-0.05, 0) is 60.2 Å². The van der Waals surface area contributed by atoms with E-state index in [2.05, 4.69) is 5.32 Å². The molecule has 4 rings (SSSR count). The summed E-state index contributed by atoms with van der Waals surface area (Å²) in [5.41, 5.74) is 3.58. The number of pyridine rings is 1. The minimum atomic E-state index is -0.772. The SMILES string of the molecule is Cc1cccc(NC(=O)COC(=O)c2c(-c3ccc(Cl)cc3)c3ccccc3c(=O)n2C)c1C. The maximum absolute atomic E-state index is 13.2. The van der Waals surface area contributed by atoms with Crippen LogP contribution in [0.2, 0.25) is 5.02 Å². The zero-order valence-corrected chi connectivity index (χ0v) is 19.8. The lowest BCUT2D eigenvalue weighted by molar-refractivity contribution is -0.119. The van der Waals surface area contributed by atoms with Gasteiger partial charge in [0.2, 0.25) is 0 Å². The number of hydrogen-bond donors (Lipinski definition) is 1. The van der Waals surface area contributed by atoms with Crippen LogP contribution in [-0.2, 0) is 16.6 Å². The van der Waals surface area contributed by atoms with Gasteiger partial charge in [0, 0.05) is 28.7 Å². The first-order valence-electron chi connectivity index (χ1n) is 10.7. The fraction of sp³-hybridized carbons (Fsp3) is 0.148. The topological polar surface area (TPSA) is 77.4 Å². The molecule has 3 aromatic carbocycles. The number of nitrogens with one attached hydrogen (secondary N) is 1. The average molecular weight is 475 g/mol. The molecule has 0 aliphatic carbocycles. The lowest BCUT2D eigenvalue weighted by Crippen LogP contribution is -2.28. The van der Waals surface area contributed by atoms with Crippen LogP contribution in [-0.4, -0.2) is 23.1 Å². The molecule has 0 fully saturated rings. The number of carbonyl (C=O) groups is 2. The van der Waals surface area contributed by atoms with E-state index in [0.29, 0.717) is 32.6 Å². The van der Waals surface area contributed by atoms with E-state index in [1.54, 1.807) is 54.6 Å². The maximum atomic E-state index is 13.2. The van der Waals surface area contributed by atoms with E-state index >= 15 is 0 Å². The first kappa shape index (κ1) is 23.3. The number of fused-ring (bicyclic) bond motifs is 1. The average Bonchev–Trinajstić information content (AvgIpc) is 2.83. The van der Waals surface area contributed by atoms with E-state index in [4.69, 9.17) is 16.3 Å². The number of ether oxygens (including phenoxy) is 1. The van der Waals surface area contributed by atoms with E-state index in [-0.39, 0.29) is 11.3 Å². The smallest absolute Gasteiger partial charge is 0.356 e. The Morgan fingerprint density at radius 2 is 1.62 bits per heavy atom. The number of hydrogen-bond acceptors (Lipinski definition) is 4. The van der Waals surface area contributed by atoms with Gasteiger partial charge in [0.25, 0.3) is 11.5 Å². The highest BCUT2D eigenvalue weighted by Gasteiger charge is 2.23. The highest BCUT2D eigenvalue weighted by atomic mass is 35.5. The molecule has 1 heterocycles. The van der Waals surface area contributed by atoms with Crippen molar-refractivity contribution in [2.24, 2.45) is 7.05 Å². The molecule has 0 aliphatic heterocycles. The van der Waals surface area contributed by atoms with Gasteiger partial charge in [-0.1, -0.05) is 54.1 Å². The largest absolute Gasteiger partial charge is 0.451 e. The van der Waals surface area contributed by atoms with Crippen LogP contribution in [0.15, 0.2) is 71.5 Å². The van der Waals surface area contributed by atoms with E-state index in [1.165, 1.54) is 11.6 Å². The van der Waals surface area contributed by atoms with Crippen LogP contribution in [0.1, 0.15) is 21.6 Å². The first-order chi connectivity index (χ1) is 16.3. The number of rotatable bonds is 5. The van der Waals surface area contributed by atoms with E-state index in [9.17, 15) is 14.4 Å². The molecular weight excluding hydrogens is 452 g/mol. The Bertz CT molecular complexity index is 1470. The summed E-state index contributed by atoms with van der Waals surface area (Å²) in [5, 5.41) is 4.40. The van der Waals surface area contributed by atoms with Gasteiger partial charge in [-0.2, -0.15) is 0 Å². The predicted molar refractivity (Wildman–Crippen MR) is 134 cm³/mol. The summed E-state index contributed by atoms with van der Waals surface area (Å²) in [4.78, 5) is 38.7. The number of benzene rings is 3. The van der Waals surface area contributed by atoms with Crippen LogP contribution < -0.4 is 10.9 Å². The normalized spacial score (nSPS) is 10.8. The number of carbonyl (C=O) groups excluding carboxylic acids is 2. The standard InChI is InChI=1S/C27H23ClN2O4/c1-16-7-6-10-22(17(16)2)29-23(31)15-34-27(33)25-24(18-11-13-19(28)14-12-18)20-8-4-5-9-21(20)26(32)30(25)3/h4-14H,15H2,1-3H3,(H,29,31). The first-order valence-corrected chi connectivity index (χ1v) is 11.1. The van der Waals surface area contributed by atoms with E-state index < -0.39 is 18.5 Å². The Morgan fingerprint density at radius 3 is 2.32 bits per heavy atom. The summed E-state index contributed by atoms with van der Waals surface area (Å²) in [6.45, 7) is 3.36. The molecule has 172 valence electrons. The van der Waals surface area contributed by atoms with E-state index in [0.717, 1.165) is 11.1 Å². The second-order valence-corrected chi connectivity index (χ2v) is 8.45. The summed E-state index contributed by atoms with van der Waals surface area (Å²) < 4.78 is 6.63. The molecule has 0 aliphatic rings. The van der Waals surface area contributed by atoms with Crippen LogP contribution >= 0.6 is 11.6 Å². The van der Waals surface area contributed by atoms with Crippen molar-refractivity contribution >= 4 is 39.9 Å². The summed E-state index contributed by atoms with van der Waals surface area (Å²) in [6.07, 6.45) is 0. The van der Waals surface area contributed by atoms with Gasteiger partial charge >= 0.3 is 5.97 Å². The van der Waals surface area contributed by atoms with Crippen LogP contribution in [0.4, 0.5) is 5.69 Å². The number of aromatic nitrogens is 1. The number of nitrogens with zero attached hydrogens (tertiary/aromatic N) is 1. The molecule has 1 N–H and O–H groups in total. The summed E-state index contributed by atoms with van der Waals surface area (Å²) in [5.74, 6) is -1.24. The molecule has 0 atom stereocenters. The van der Waals surface area contributed by atoms with E-state index in [1.807, 2.05) is 26.0 Å². The van der Waals surface area contributed by atoms with Gasteiger partial charge < -0.3 is 14.6 Å². The predicted octanol–water partition coefficient (Wildman–Crippen LogP) is 5.27. The molecule has 7 heteroatoms. The number of amides is 1.